The minimum atomic E-state index is -0.331. The summed E-state index contributed by atoms with van der Waals surface area (Å²) in [6, 6.07) is 6.49. The maximum atomic E-state index is 13.9. The average Bonchev–Trinajstić information content (AvgIpc) is 2.96. The van der Waals surface area contributed by atoms with E-state index < -0.39 is 0 Å². The van der Waals surface area contributed by atoms with Crippen molar-refractivity contribution in [2.24, 2.45) is 7.05 Å². The minimum absolute atomic E-state index is 0.134. The van der Waals surface area contributed by atoms with E-state index in [0.29, 0.717) is 16.5 Å². The smallest absolute Gasteiger partial charge is 0.235 e. The summed E-state index contributed by atoms with van der Waals surface area (Å²) in [5, 5.41) is 8.62. The molecule has 0 saturated carbocycles. The van der Waals surface area contributed by atoms with Crippen molar-refractivity contribution in [3.63, 3.8) is 0 Å². The molecule has 0 radical (unpaired) electrons. The number of amides is 1. The normalized spacial score (nSPS) is 16.2. The topological polar surface area (TPSA) is 51.0 Å². The molecule has 0 bridgehead atoms. The maximum Gasteiger partial charge on any atom is 0.235 e. The summed E-state index contributed by atoms with van der Waals surface area (Å²) in [6.45, 7) is 3.56. The minimum Gasteiger partial charge on any atom is -0.342 e. The van der Waals surface area contributed by atoms with Gasteiger partial charge in [0.15, 0.2) is 11.0 Å². The molecule has 1 aromatic heterocycles. The second-order valence-corrected chi connectivity index (χ2v) is 7.30. The van der Waals surface area contributed by atoms with Gasteiger partial charge < -0.3 is 9.47 Å². The van der Waals surface area contributed by atoms with Gasteiger partial charge in [-0.05, 0) is 38.3 Å². The quantitative estimate of drug-likeness (QED) is 0.797. The Morgan fingerprint density at radius 3 is 2.62 bits per heavy atom. The lowest BCUT2D eigenvalue weighted by Gasteiger charge is -2.28. The van der Waals surface area contributed by atoms with E-state index in [0.717, 1.165) is 25.9 Å². The molecule has 5 nitrogen and oxygen atoms in total. The summed E-state index contributed by atoms with van der Waals surface area (Å²) in [4.78, 5) is 14.5. The van der Waals surface area contributed by atoms with Gasteiger partial charge in [0.05, 0.1) is 10.8 Å². The molecular formula is C17H21FN4OS. The van der Waals surface area contributed by atoms with Gasteiger partial charge in [0, 0.05) is 20.1 Å². The van der Waals surface area contributed by atoms with Crippen LogP contribution in [0, 0.1) is 5.82 Å². The molecule has 7 heteroatoms. The van der Waals surface area contributed by atoms with Crippen molar-refractivity contribution in [1.82, 2.24) is 19.7 Å². The summed E-state index contributed by atoms with van der Waals surface area (Å²) in [6.07, 6.45) is 3.34. The van der Waals surface area contributed by atoms with Crippen LogP contribution in [0.2, 0.25) is 0 Å². The van der Waals surface area contributed by atoms with Gasteiger partial charge in [0.2, 0.25) is 5.91 Å². The molecule has 1 fully saturated rings. The molecular weight excluding hydrogens is 327 g/mol. The molecule has 0 N–H and O–H groups in total. The highest BCUT2D eigenvalue weighted by molar-refractivity contribution is 8.00. The van der Waals surface area contributed by atoms with Gasteiger partial charge in [-0.15, -0.1) is 10.2 Å². The summed E-state index contributed by atoms with van der Waals surface area (Å²) in [7, 11) is 1.79. The molecule has 1 aliphatic rings. The van der Waals surface area contributed by atoms with E-state index in [-0.39, 0.29) is 17.0 Å². The van der Waals surface area contributed by atoms with Crippen LogP contribution in [-0.2, 0) is 11.8 Å². The van der Waals surface area contributed by atoms with E-state index in [2.05, 4.69) is 10.2 Å². The van der Waals surface area contributed by atoms with Crippen LogP contribution in [0.4, 0.5) is 4.39 Å². The Morgan fingerprint density at radius 1 is 1.21 bits per heavy atom. The Labute approximate surface area is 145 Å². The number of hydrogen-bond donors (Lipinski definition) is 0. The van der Waals surface area contributed by atoms with E-state index in [1.807, 2.05) is 11.8 Å². The molecule has 1 amide bonds. The van der Waals surface area contributed by atoms with Crippen molar-refractivity contribution in [1.29, 1.82) is 0 Å². The van der Waals surface area contributed by atoms with Crippen LogP contribution in [-0.4, -0.2) is 43.9 Å². The van der Waals surface area contributed by atoms with Gasteiger partial charge in [-0.3, -0.25) is 4.79 Å². The number of likely N-dealkylation sites (tertiary alicyclic amines) is 1. The molecule has 1 atom stereocenters. The Kier molecular flexibility index (Phi) is 5.18. The third-order valence-electron chi connectivity index (χ3n) is 4.25. The number of aromatic nitrogens is 3. The zero-order valence-electron chi connectivity index (χ0n) is 13.9. The standard InChI is InChI=1S/C17H21FN4OS/c1-12(16(23)22-10-6-3-7-11-22)24-17-20-19-15(21(17)2)13-8-4-5-9-14(13)18/h4-5,8-9,12H,3,6-7,10-11H2,1-2H3. The zero-order valence-corrected chi connectivity index (χ0v) is 14.7. The molecule has 128 valence electrons. The van der Waals surface area contributed by atoms with Crippen LogP contribution in [0.1, 0.15) is 26.2 Å². The van der Waals surface area contributed by atoms with Gasteiger partial charge >= 0.3 is 0 Å². The second kappa shape index (κ2) is 7.34. The van der Waals surface area contributed by atoms with Gasteiger partial charge in [0.25, 0.3) is 0 Å². The van der Waals surface area contributed by atoms with Crippen LogP contribution >= 0.6 is 11.8 Å². The van der Waals surface area contributed by atoms with Crippen LogP contribution < -0.4 is 0 Å². The SMILES string of the molecule is CC(Sc1nnc(-c2ccccc2F)n1C)C(=O)N1CCCCC1. The highest BCUT2D eigenvalue weighted by Gasteiger charge is 2.25. The first-order valence-electron chi connectivity index (χ1n) is 8.17. The Morgan fingerprint density at radius 2 is 1.92 bits per heavy atom. The van der Waals surface area contributed by atoms with Crippen LogP contribution in [0.25, 0.3) is 11.4 Å². The molecule has 1 aromatic carbocycles. The van der Waals surface area contributed by atoms with Crippen LogP contribution in [0.5, 0.6) is 0 Å². The first kappa shape index (κ1) is 17.0. The largest absolute Gasteiger partial charge is 0.342 e. The van der Waals surface area contributed by atoms with Gasteiger partial charge in [-0.1, -0.05) is 23.9 Å². The van der Waals surface area contributed by atoms with E-state index in [4.69, 9.17) is 0 Å². The first-order valence-corrected chi connectivity index (χ1v) is 9.05. The average molecular weight is 348 g/mol. The molecule has 2 heterocycles. The molecule has 1 aliphatic heterocycles. The summed E-state index contributed by atoms with van der Waals surface area (Å²) in [5.74, 6) is 0.269. The van der Waals surface area contributed by atoms with Gasteiger partial charge in [0.1, 0.15) is 5.82 Å². The molecule has 1 saturated heterocycles. The lowest BCUT2D eigenvalue weighted by molar-refractivity contribution is -0.131. The lowest BCUT2D eigenvalue weighted by atomic mass is 10.1. The Bertz CT molecular complexity index is 727. The van der Waals surface area contributed by atoms with Crippen molar-refractivity contribution < 1.29 is 9.18 Å². The summed E-state index contributed by atoms with van der Waals surface area (Å²) in [5.41, 5.74) is 0.411. The van der Waals surface area contributed by atoms with E-state index in [9.17, 15) is 9.18 Å². The monoisotopic (exact) mass is 348 g/mol. The van der Waals surface area contributed by atoms with Crippen molar-refractivity contribution in [3.05, 3.63) is 30.1 Å². The third-order valence-corrected chi connectivity index (χ3v) is 5.37. The van der Waals surface area contributed by atoms with Crippen molar-refractivity contribution in [2.45, 2.75) is 36.6 Å². The molecule has 3 rings (SSSR count). The zero-order chi connectivity index (χ0) is 17.1. The van der Waals surface area contributed by atoms with Crippen molar-refractivity contribution in [2.75, 3.05) is 13.1 Å². The van der Waals surface area contributed by atoms with E-state index in [1.165, 1.54) is 24.2 Å². The number of thioether (sulfide) groups is 1. The van der Waals surface area contributed by atoms with E-state index >= 15 is 0 Å². The number of carbonyl (C=O) groups excluding carboxylic acids is 1. The second-order valence-electron chi connectivity index (χ2n) is 5.99. The molecule has 0 spiro atoms. The summed E-state index contributed by atoms with van der Waals surface area (Å²) >= 11 is 1.37. The predicted molar refractivity (Wildman–Crippen MR) is 92.1 cm³/mol. The third kappa shape index (κ3) is 3.45. The van der Waals surface area contributed by atoms with Crippen LogP contribution in [0.15, 0.2) is 29.4 Å². The summed E-state index contributed by atoms with van der Waals surface area (Å²) < 4.78 is 15.7. The van der Waals surface area contributed by atoms with Crippen LogP contribution in [0.3, 0.4) is 0 Å². The number of carbonyl (C=O) groups is 1. The number of piperidine rings is 1. The fourth-order valence-electron chi connectivity index (χ4n) is 2.87. The van der Waals surface area contributed by atoms with E-state index in [1.54, 1.807) is 29.8 Å². The molecule has 0 aliphatic carbocycles. The lowest BCUT2D eigenvalue weighted by Crippen LogP contribution is -2.40. The highest BCUT2D eigenvalue weighted by atomic mass is 32.2. The molecule has 24 heavy (non-hydrogen) atoms. The van der Waals surface area contributed by atoms with Gasteiger partial charge in [-0.25, -0.2) is 4.39 Å². The molecule has 1 unspecified atom stereocenters. The molecule has 2 aromatic rings. The number of benzene rings is 1. The fourth-order valence-corrected chi connectivity index (χ4v) is 3.77. The number of halogens is 1. The maximum absolute atomic E-state index is 13.9. The fraction of sp³-hybridized carbons (Fsp3) is 0.471. The van der Waals surface area contributed by atoms with Crippen molar-refractivity contribution in [3.8, 4) is 11.4 Å². The first-order chi connectivity index (χ1) is 11.6. The number of rotatable bonds is 4. The van der Waals surface area contributed by atoms with Crippen molar-refractivity contribution >= 4 is 17.7 Å². The number of hydrogen-bond acceptors (Lipinski definition) is 4. The Balaban J connectivity index is 1.74. The number of nitrogens with zero attached hydrogens (tertiary/aromatic N) is 4. The van der Waals surface area contributed by atoms with Gasteiger partial charge in [-0.2, -0.15) is 0 Å². The highest BCUT2D eigenvalue weighted by Crippen LogP contribution is 2.28. The predicted octanol–water partition coefficient (Wildman–Crippen LogP) is 3.11. The Hall–Kier alpha value is -1.89.